The highest BCUT2D eigenvalue weighted by Gasteiger charge is 2.48. The van der Waals surface area contributed by atoms with E-state index in [0.29, 0.717) is 6.04 Å². The largest absolute Gasteiger partial charge is 0.324 e. The molecule has 0 radical (unpaired) electrons. The molecule has 3 nitrogen and oxygen atoms in total. The van der Waals surface area contributed by atoms with Crippen molar-refractivity contribution < 1.29 is 4.79 Å². The van der Waals surface area contributed by atoms with E-state index in [-0.39, 0.29) is 11.9 Å². The molecule has 4 aliphatic carbocycles. The zero-order valence-corrected chi connectivity index (χ0v) is 16.1. The van der Waals surface area contributed by atoms with Crippen LogP contribution < -0.4 is 10.6 Å². The van der Waals surface area contributed by atoms with Gasteiger partial charge in [-0.3, -0.25) is 4.79 Å². The molecule has 2 N–H and O–H groups in total. The van der Waals surface area contributed by atoms with Gasteiger partial charge in [-0.2, -0.15) is 0 Å². The number of aryl methyl sites for hydroxylation is 3. The number of hydrogen-bond donors (Lipinski definition) is 2. The van der Waals surface area contributed by atoms with Crippen molar-refractivity contribution >= 4 is 11.6 Å². The minimum atomic E-state index is -0.136. The SMILES string of the molecule is Cc1cc(C)c(NC(=O)[C@@H](C)NC2C3CC4CC(C3)CC2C4)c(C)c1. The Bertz CT molecular complexity index is 630. The summed E-state index contributed by atoms with van der Waals surface area (Å²) in [5.41, 5.74) is 4.52. The van der Waals surface area contributed by atoms with Crippen LogP contribution in [0.15, 0.2) is 12.1 Å². The fraction of sp³-hybridized carbons (Fsp3) is 0.682. The Morgan fingerprint density at radius 2 is 1.48 bits per heavy atom. The van der Waals surface area contributed by atoms with E-state index in [9.17, 15) is 4.79 Å². The molecule has 1 aromatic carbocycles. The molecule has 4 saturated carbocycles. The van der Waals surface area contributed by atoms with Gasteiger partial charge in [-0.15, -0.1) is 0 Å². The summed E-state index contributed by atoms with van der Waals surface area (Å²) in [6.45, 7) is 8.28. The van der Waals surface area contributed by atoms with Crippen molar-refractivity contribution in [3.63, 3.8) is 0 Å². The molecule has 1 amide bonds. The van der Waals surface area contributed by atoms with Crippen molar-refractivity contribution in [2.75, 3.05) is 5.32 Å². The van der Waals surface area contributed by atoms with Crippen LogP contribution in [0.2, 0.25) is 0 Å². The molecular formula is C22H32N2O. The lowest BCUT2D eigenvalue weighted by Gasteiger charge is -2.55. The van der Waals surface area contributed by atoms with Crippen molar-refractivity contribution in [2.45, 2.75) is 71.9 Å². The van der Waals surface area contributed by atoms with Crippen molar-refractivity contribution in [2.24, 2.45) is 23.7 Å². The van der Waals surface area contributed by atoms with Crippen LogP contribution in [0.1, 0.15) is 55.7 Å². The van der Waals surface area contributed by atoms with E-state index in [1.54, 1.807) is 0 Å². The summed E-state index contributed by atoms with van der Waals surface area (Å²) in [7, 11) is 0. The zero-order valence-electron chi connectivity index (χ0n) is 16.1. The van der Waals surface area contributed by atoms with Crippen LogP contribution in [0, 0.1) is 44.4 Å². The van der Waals surface area contributed by atoms with Gasteiger partial charge in [0.05, 0.1) is 6.04 Å². The molecule has 0 spiro atoms. The lowest BCUT2D eigenvalue weighted by atomic mass is 9.54. The zero-order chi connectivity index (χ0) is 17.7. The Balaban J connectivity index is 1.41. The monoisotopic (exact) mass is 340 g/mol. The molecule has 4 aliphatic rings. The fourth-order valence-electron chi connectivity index (χ4n) is 6.17. The first-order valence-electron chi connectivity index (χ1n) is 10.1. The molecule has 0 aromatic heterocycles. The van der Waals surface area contributed by atoms with Gasteiger partial charge in [-0.25, -0.2) is 0 Å². The van der Waals surface area contributed by atoms with E-state index in [4.69, 9.17) is 0 Å². The molecular weight excluding hydrogens is 308 g/mol. The second kappa shape index (κ2) is 6.42. The average Bonchev–Trinajstić information content (AvgIpc) is 2.53. The van der Waals surface area contributed by atoms with Crippen molar-refractivity contribution in [3.8, 4) is 0 Å². The van der Waals surface area contributed by atoms with Crippen molar-refractivity contribution in [1.29, 1.82) is 0 Å². The topological polar surface area (TPSA) is 41.1 Å². The van der Waals surface area contributed by atoms with Gasteiger partial charge in [0, 0.05) is 11.7 Å². The number of benzene rings is 1. The van der Waals surface area contributed by atoms with Crippen LogP contribution in [0.25, 0.3) is 0 Å². The van der Waals surface area contributed by atoms with E-state index in [1.807, 2.05) is 6.92 Å². The molecule has 3 heteroatoms. The molecule has 0 unspecified atom stereocenters. The summed E-state index contributed by atoms with van der Waals surface area (Å²) in [5, 5.41) is 6.90. The Kier molecular flexibility index (Phi) is 4.39. The number of carbonyl (C=O) groups is 1. The summed E-state index contributed by atoms with van der Waals surface area (Å²) in [6, 6.07) is 4.69. The predicted molar refractivity (Wildman–Crippen MR) is 103 cm³/mol. The summed E-state index contributed by atoms with van der Waals surface area (Å²) in [6.07, 6.45) is 7.01. The fourth-order valence-corrected chi connectivity index (χ4v) is 6.17. The summed E-state index contributed by atoms with van der Waals surface area (Å²) in [4.78, 5) is 12.8. The molecule has 5 rings (SSSR count). The van der Waals surface area contributed by atoms with Gasteiger partial charge in [0.1, 0.15) is 0 Å². The van der Waals surface area contributed by atoms with Gasteiger partial charge in [0.2, 0.25) is 5.91 Å². The van der Waals surface area contributed by atoms with Gasteiger partial charge >= 0.3 is 0 Å². The molecule has 1 aromatic rings. The second-order valence-electron chi connectivity index (χ2n) is 9.11. The number of hydrogen-bond acceptors (Lipinski definition) is 2. The van der Waals surface area contributed by atoms with E-state index in [2.05, 4.69) is 43.5 Å². The van der Waals surface area contributed by atoms with E-state index >= 15 is 0 Å². The maximum absolute atomic E-state index is 12.8. The third-order valence-electron chi connectivity index (χ3n) is 6.99. The van der Waals surface area contributed by atoms with Crippen molar-refractivity contribution in [1.82, 2.24) is 5.32 Å². The summed E-state index contributed by atoms with van der Waals surface area (Å²) >= 11 is 0. The van der Waals surface area contributed by atoms with E-state index < -0.39 is 0 Å². The van der Waals surface area contributed by atoms with E-state index in [1.165, 1.54) is 37.7 Å². The molecule has 4 bridgehead atoms. The standard InChI is InChI=1S/C22H32N2O/c1-12-5-13(2)20(14(3)6-12)24-22(25)15(4)23-21-18-8-16-7-17(10-18)11-19(21)9-16/h5-6,15-19,21,23H,7-11H2,1-4H3,(H,24,25)/t15-,16?,17?,18?,19?,21?/m1/s1. The maximum atomic E-state index is 12.8. The number of rotatable bonds is 4. The van der Waals surface area contributed by atoms with Gasteiger partial charge in [0.25, 0.3) is 0 Å². The summed E-state index contributed by atoms with van der Waals surface area (Å²) in [5.74, 6) is 3.65. The second-order valence-corrected chi connectivity index (χ2v) is 9.11. The lowest BCUT2D eigenvalue weighted by molar-refractivity contribution is -0.118. The third-order valence-corrected chi connectivity index (χ3v) is 6.99. The molecule has 1 atom stereocenters. The van der Waals surface area contributed by atoms with Crippen LogP contribution in [0.3, 0.4) is 0 Å². The average molecular weight is 341 g/mol. The first-order chi connectivity index (χ1) is 11.9. The highest BCUT2D eigenvalue weighted by atomic mass is 16.2. The molecule has 25 heavy (non-hydrogen) atoms. The van der Waals surface area contributed by atoms with Crippen LogP contribution in [0.4, 0.5) is 5.69 Å². The molecule has 0 saturated heterocycles. The molecule has 4 fully saturated rings. The van der Waals surface area contributed by atoms with Crippen LogP contribution in [-0.4, -0.2) is 18.0 Å². The Labute approximate surface area is 152 Å². The Morgan fingerprint density at radius 3 is 2.00 bits per heavy atom. The molecule has 136 valence electrons. The quantitative estimate of drug-likeness (QED) is 0.855. The number of anilines is 1. The van der Waals surface area contributed by atoms with Gasteiger partial charge < -0.3 is 10.6 Å². The Hall–Kier alpha value is -1.35. The van der Waals surface area contributed by atoms with Gasteiger partial charge in [-0.1, -0.05) is 17.7 Å². The Morgan fingerprint density at radius 1 is 0.960 bits per heavy atom. The van der Waals surface area contributed by atoms with E-state index in [0.717, 1.165) is 40.5 Å². The van der Waals surface area contributed by atoms with Gasteiger partial charge in [-0.05, 0) is 94.6 Å². The van der Waals surface area contributed by atoms with Crippen LogP contribution >= 0.6 is 0 Å². The third kappa shape index (κ3) is 3.23. The maximum Gasteiger partial charge on any atom is 0.241 e. The molecule has 0 aliphatic heterocycles. The normalized spacial score (nSPS) is 34.2. The highest BCUT2D eigenvalue weighted by Crippen LogP contribution is 2.53. The van der Waals surface area contributed by atoms with Crippen molar-refractivity contribution in [3.05, 3.63) is 28.8 Å². The first kappa shape index (κ1) is 17.1. The minimum absolute atomic E-state index is 0.101. The predicted octanol–water partition coefficient (Wildman–Crippen LogP) is 4.35. The lowest BCUT2D eigenvalue weighted by Crippen LogP contribution is -2.58. The smallest absolute Gasteiger partial charge is 0.241 e. The summed E-state index contributed by atoms with van der Waals surface area (Å²) < 4.78 is 0. The van der Waals surface area contributed by atoms with Crippen LogP contribution in [-0.2, 0) is 4.79 Å². The van der Waals surface area contributed by atoms with Crippen LogP contribution in [0.5, 0.6) is 0 Å². The first-order valence-corrected chi connectivity index (χ1v) is 10.1. The number of carbonyl (C=O) groups excluding carboxylic acids is 1. The minimum Gasteiger partial charge on any atom is -0.324 e. The number of amides is 1. The highest BCUT2D eigenvalue weighted by molar-refractivity contribution is 5.96. The molecule has 0 heterocycles. The van der Waals surface area contributed by atoms with Gasteiger partial charge in [0.15, 0.2) is 0 Å². The number of nitrogens with one attached hydrogen (secondary N) is 2.